The third kappa shape index (κ3) is 3.94. The molecule has 0 saturated heterocycles. The first-order valence-corrected chi connectivity index (χ1v) is 7.42. The van der Waals surface area contributed by atoms with Gasteiger partial charge in [-0.05, 0) is 17.0 Å². The first kappa shape index (κ1) is 22.6. The number of hydrogen-bond donors (Lipinski definition) is 0. The van der Waals surface area contributed by atoms with Crippen LogP contribution in [0.2, 0.25) is 0 Å². The maximum Gasteiger partial charge on any atom is 0.460 e. The van der Waals surface area contributed by atoms with E-state index < -0.39 is 36.5 Å². The minimum absolute atomic E-state index is 0.0100. The number of alkyl halides is 9. The Morgan fingerprint density at radius 2 is 1.27 bits per heavy atom. The Kier molecular flexibility index (Phi) is 6.33. The zero-order chi connectivity index (χ0) is 20.6. The number of benzene rings is 1. The van der Waals surface area contributed by atoms with Gasteiger partial charge in [-0.2, -0.15) is 39.5 Å². The molecule has 0 spiro atoms. The molecule has 1 atom stereocenters. The maximum atomic E-state index is 13.9. The van der Waals surface area contributed by atoms with Gasteiger partial charge in [0.1, 0.15) is 0 Å². The van der Waals surface area contributed by atoms with Crippen LogP contribution < -0.4 is 0 Å². The zero-order valence-corrected chi connectivity index (χ0v) is 14.0. The maximum absolute atomic E-state index is 13.9. The summed E-state index contributed by atoms with van der Waals surface area (Å²) in [6.07, 6.45) is -10.7. The summed E-state index contributed by atoms with van der Waals surface area (Å²) in [4.78, 5) is 0. The number of halogens is 9. The van der Waals surface area contributed by atoms with Gasteiger partial charge in [0.05, 0.1) is 6.10 Å². The van der Waals surface area contributed by atoms with Crippen molar-refractivity contribution in [3.63, 3.8) is 0 Å². The Bertz CT molecular complexity index is 608. The van der Waals surface area contributed by atoms with Crippen LogP contribution in [0.15, 0.2) is 24.3 Å². The summed E-state index contributed by atoms with van der Waals surface area (Å²) in [6.45, 7) is 3.33. The second-order valence-corrected chi connectivity index (χ2v) is 6.06. The minimum Gasteiger partial charge on any atom is -0.377 e. The Morgan fingerprint density at radius 1 is 0.808 bits per heavy atom. The summed E-state index contributed by atoms with van der Waals surface area (Å²) in [5.74, 6) is -19.5. The molecule has 26 heavy (non-hydrogen) atoms. The van der Waals surface area contributed by atoms with Gasteiger partial charge in [-0.15, -0.1) is 0 Å². The third-order valence-electron chi connectivity index (χ3n) is 3.90. The molecule has 0 aliphatic heterocycles. The average Bonchev–Trinajstić information content (AvgIpc) is 2.51. The molecule has 0 amide bonds. The van der Waals surface area contributed by atoms with E-state index in [4.69, 9.17) is 4.74 Å². The standard InChI is InChI=1S/C16H17F9O/c1-9(2)10-6-4-5-7-11(10)12(26-3)8-13(17,18)14(19,20)15(21,22)16(23,24)25/h4-7,9,12H,8H2,1-3H3. The van der Waals surface area contributed by atoms with Crippen molar-refractivity contribution >= 4 is 0 Å². The Labute approximate surface area is 144 Å². The van der Waals surface area contributed by atoms with E-state index in [0.29, 0.717) is 5.56 Å². The van der Waals surface area contributed by atoms with Gasteiger partial charge in [-0.25, -0.2) is 0 Å². The second-order valence-electron chi connectivity index (χ2n) is 6.06. The van der Waals surface area contributed by atoms with E-state index in [1.54, 1.807) is 13.8 Å². The molecule has 0 fully saturated rings. The van der Waals surface area contributed by atoms with Crippen LogP contribution in [0.1, 0.15) is 43.4 Å². The SMILES string of the molecule is COC(CC(F)(F)C(F)(F)C(F)(F)C(F)(F)F)c1ccccc1C(C)C. The smallest absolute Gasteiger partial charge is 0.377 e. The number of ether oxygens (including phenoxy) is 1. The van der Waals surface area contributed by atoms with Crippen molar-refractivity contribution in [2.45, 2.75) is 56.2 Å². The van der Waals surface area contributed by atoms with Crippen molar-refractivity contribution in [3.05, 3.63) is 35.4 Å². The summed E-state index contributed by atoms with van der Waals surface area (Å²) in [6, 6.07) is 5.68. The quantitative estimate of drug-likeness (QED) is 0.488. The van der Waals surface area contributed by atoms with Crippen LogP contribution in [0.25, 0.3) is 0 Å². The Hall–Kier alpha value is -1.45. The summed E-state index contributed by atoms with van der Waals surface area (Å²) >= 11 is 0. The normalized spacial score (nSPS) is 15.4. The lowest BCUT2D eigenvalue weighted by Crippen LogP contribution is -2.61. The van der Waals surface area contributed by atoms with Gasteiger partial charge in [-0.3, -0.25) is 0 Å². The van der Waals surface area contributed by atoms with Crippen molar-refractivity contribution in [1.82, 2.24) is 0 Å². The predicted molar refractivity (Wildman–Crippen MR) is 75.8 cm³/mol. The van der Waals surface area contributed by atoms with Gasteiger partial charge in [-0.1, -0.05) is 38.1 Å². The highest BCUT2D eigenvalue weighted by Gasteiger charge is 2.81. The fourth-order valence-corrected chi connectivity index (χ4v) is 2.42. The predicted octanol–water partition coefficient (Wildman–Crippen LogP) is 6.36. The summed E-state index contributed by atoms with van der Waals surface area (Å²) < 4.78 is 122. The van der Waals surface area contributed by atoms with Crippen molar-refractivity contribution in [3.8, 4) is 0 Å². The van der Waals surface area contributed by atoms with Crippen LogP contribution in [0, 0.1) is 0 Å². The van der Waals surface area contributed by atoms with Crippen molar-refractivity contribution in [2.75, 3.05) is 7.11 Å². The molecule has 0 radical (unpaired) electrons. The average molecular weight is 396 g/mol. The lowest BCUT2D eigenvalue weighted by molar-refractivity contribution is -0.398. The first-order chi connectivity index (χ1) is 11.6. The number of rotatable bonds is 7. The van der Waals surface area contributed by atoms with E-state index in [-0.39, 0.29) is 11.5 Å². The van der Waals surface area contributed by atoms with Crippen LogP contribution in [-0.4, -0.2) is 31.1 Å². The molecule has 1 rings (SSSR count). The minimum atomic E-state index is -6.90. The molecule has 150 valence electrons. The highest BCUT2D eigenvalue weighted by Crippen LogP contribution is 2.55. The summed E-state index contributed by atoms with van der Waals surface area (Å²) in [5.41, 5.74) is 0.428. The molecule has 10 heteroatoms. The molecule has 0 N–H and O–H groups in total. The van der Waals surface area contributed by atoms with E-state index in [9.17, 15) is 39.5 Å². The number of hydrogen-bond acceptors (Lipinski definition) is 1. The monoisotopic (exact) mass is 396 g/mol. The van der Waals surface area contributed by atoms with Crippen LogP contribution in [0.3, 0.4) is 0 Å². The van der Waals surface area contributed by atoms with E-state index in [1.807, 2.05) is 0 Å². The lowest BCUT2D eigenvalue weighted by atomic mass is 9.89. The molecule has 1 aromatic carbocycles. The van der Waals surface area contributed by atoms with Gasteiger partial charge in [0, 0.05) is 13.5 Å². The molecule has 0 heterocycles. The van der Waals surface area contributed by atoms with Crippen LogP contribution in [-0.2, 0) is 4.74 Å². The molecule has 0 bridgehead atoms. The number of methoxy groups -OCH3 is 1. The fraction of sp³-hybridized carbons (Fsp3) is 0.625. The molecule has 1 aromatic rings. The molecule has 0 aromatic heterocycles. The summed E-state index contributed by atoms with van der Waals surface area (Å²) in [5, 5.41) is 0. The van der Waals surface area contributed by atoms with Crippen LogP contribution in [0.5, 0.6) is 0 Å². The highest BCUT2D eigenvalue weighted by molar-refractivity contribution is 5.32. The summed E-state index contributed by atoms with van der Waals surface area (Å²) in [7, 11) is 0.873. The molecule has 1 nitrogen and oxygen atoms in total. The largest absolute Gasteiger partial charge is 0.460 e. The van der Waals surface area contributed by atoms with Gasteiger partial charge in [0.15, 0.2) is 0 Å². The Balaban J connectivity index is 3.29. The topological polar surface area (TPSA) is 9.23 Å². The van der Waals surface area contributed by atoms with Crippen molar-refractivity contribution in [1.29, 1.82) is 0 Å². The van der Waals surface area contributed by atoms with Gasteiger partial charge in [0.2, 0.25) is 0 Å². The van der Waals surface area contributed by atoms with Crippen molar-refractivity contribution in [2.24, 2.45) is 0 Å². The molecule has 0 saturated carbocycles. The van der Waals surface area contributed by atoms with E-state index in [1.165, 1.54) is 24.3 Å². The molecular formula is C16H17F9O. The van der Waals surface area contributed by atoms with Gasteiger partial charge < -0.3 is 4.74 Å². The molecule has 0 aliphatic rings. The lowest BCUT2D eigenvalue weighted by Gasteiger charge is -2.35. The first-order valence-electron chi connectivity index (χ1n) is 7.42. The molecule has 1 unspecified atom stereocenters. The molecule has 0 aliphatic carbocycles. The van der Waals surface area contributed by atoms with Crippen LogP contribution >= 0.6 is 0 Å². The second kappa shape index (κ2) is 7.28. The van der Waals surface area contributed by atoms with Crippen LogP contribution in [0.4, 0.5) is 39.5 Å². The van der Waals surface area contributed by atoms with E-state index in [2.05, 4.69) is 0 Å². The Morgan fingerprint density at radius 3 is 1.65 bits per heavy atom. The molecular weight excluding hydrogens is 379 g/mol. The van der Waals surface area contributed by atoms with E-state index in [0.717, 1.165) is 7.11 Å². The zero-order valence-electron chi connectivity index (χ0n) is 14.0. The highest BCUT2D eigenvalue weighted by atomic mass is 19.4. The van der Waals surface area contributed by atoms with Gasteiger partial charge in [0.25, 0.3) is 0 Å². The third-order valence-corrected chi connectivity index (χ3v) is 3.90. The fourth-order valence-electron chi connectivity index (χ4n) is 2.42. The van der Waals surface area contributed by atoms with E-state index >= 15 is 0 Å². The van der Waals surface area contributed by atoms with Gasteiger partial charge >= 0.3 is 23.9 Å². The van der Waals surface area contributed by atoms with Crippen molar-refractivity contribution < 1.29 is 44.3 Å².